The lowest BCUT2D eigenvalue weighted by atomic mass is 10.2. The third-order valence-electron chi connectivity index (χ3n) is 3.59. The van der Waals surface area contributed by atoms with Crippen LogP contribution in [0.2, 0.25) is 0 Å². The smallest absolute Gasteiger partial charge is 0.327 e. The molecule has 26 heavy (non-hydrogen) atoms. The summed E-state index contributed by atoms with van der Waals surface area (Å²) >= 11 is 1.12. The largest absolute Gasteiger partial charge is 0.345 e. The van der Waals surface area contributed by atoms with Crippen molar-refractivity contribution in [2.75, 3.05) is 11.1 Å². The van der Waals surface area contributed by atoms with Crippen molar-refractivity contribution in [3.63, 3.8) is 0 Å². The number of carbonyl (C=O) groups is 4. The number of carbonyl (C=O) groups excluding carboxylic acids is 4. The minimum absolute atomic E-state index is 0.0606. The Balaban J connectivity index is 1.65. The first-order valence-corrected chi connectivity index (χ1v) is 9.29. The van der Waals surface area contributed by atoms with E-state index in [4.69, 9.17) is 0 Å². The molecule has 0 bridgehead atoms. The summed E-state index contributed by atoms with van der Waals surface area (Å²) in [7, 11) is 0. The molecule has 8 nitrogen and oxygen atoms in total. The van der Waals surface area contributed by atoms with Crippen molar-refractivity contribution in [2.24, 2.45) is 0 Å². The van der Waals surface area contributed by atoms with Crippen molar-refractivity contribution in [1.29, 1.82) is 0 Å². The van der Waals surface area contributed by atoms with Gasteiger partial charge in [-0.05, 0) is 38.8 Å². The van der Waals surface area contributed by atoms with Gasteiger partial charge >= 0.3 is 11.8 Å². The highest BCUT2D eigenvalue weighted by atomic mass is 32.2. The van der Waals surface area contributed by atoms with Crippen LogP contribution in [0.1, 0.15) is 25.3 Å². The van der Waals surface area contributed by atoms with E-state index in [1.165, 1.54) is 0 Å². The molecule has 1 aliphatic carbocycles. The molecular formula is C17H22N4O4S. The van der Waals surface area contributed by atoms with Crippen LogP contribution in [0.15, 0.2) is 24.3 Å². The Morgan fingerprint density at radius 3 is 2.35 bits per heavy atom. The maximum absolute atomic E-state index is 11.9. The molecule has 1 atom stereocenters. The number of benzene rings is 1. The van der Waals surface area contributed by atoms with E-state index in [2.05, 4.69) is 21.5 Å². The summed E-state index contributed by atoms with van der Waals surface area (Å²) in [5.74, 6) is -2.33. The third-order valence-corrected chi connectivity index (χ3v) is 4.73. The molecule has 0 spiro atoms. The standard InChI is InChI=1S/C17H22N4O4S/c1-10-3-5-12(6-4-10)18-14(22)9-26-11(2)15(23)20-21-17(25)16(24)19-13-7-8-13/h3-6,11,13H,7-9H2,1-2H3,(H,18,22)(H,19,24)(H,20,23)(H,21,25)/t11-/m1/s1. The number of aryl methyl sites for hydroxylation is 1. The molecule has 0 heterocycles. The molecular weight excluding hydrogens is 356 g/mol. The average Bonchev–Trinajstić information content (AvgIpc) is 3.43. The topological polar surface area (TPSA) is 116 Å². The minimum Gasteiger partial charge on any atom is -0.345 e. The van der Waals surface area contributed by atoms with Crippen molar-refractivity contribution < 1.29 is 19.2 Å². The van der Waals surface area contributed by atoms with Crippen LogP contribution < -0.4 is 21.5 Å². The van der Waals surface area contributed by atoms with E-state index >= 15 is 0 Å². The average molecular weight is 378 g/mol. The summed E-state index contributed by atoms with van der Waals surface area (Å²) in [5, 5.41) is 4.67. The van der Waals surface area contributed by atoms with Gasteiger partial charge in [-0.2, -0.15) is 0 Å². The number of rotatable bonds is 6. The Morgan fingerprint density at radius 1 is 1.08 bits per heavy atom. The lowest BCUT2D eigenvalue weighted by Crippen LogP contribution is -2.50. The SMILES string of the molecule is Cc1ccc(NC(=O)CS[C@H](C)C(=O)NNC(=O)C(=O)NC2CC2)cc1. The van der Waals surface area contributed by atoms with E-state index in [-0.39, 0.29) is 17.7 Å². The van der Waals surface area contributed by atoms with Gasteiger partial charge in [-0.25, -0.2) is 0 Å². The van der Waals surface area contributed by atoms with Crippen LogP contribution in [0.5, 0.6) is 0 Å². The van der Waals surface area contributed by atoms with E-state index in [1.54, 1.807) is 19.1 Å². The molecule has 1 aromatic rings. The zero-order valence-electron chi connectivity index (χ0n) is 14.6. The molecule has 0 aliphatic heterocycles. The quantitative estimate of drug-likeness (QED) is 0.424. The van der Waals surface area contributed by atoms with Gasteiger partial charge < -0.3 is 10.6 Å². The second-order valence-corrected chi connectivity index (χ2v) is 7.39. The summed E-state index contributed by atoms with van der Waals surface area (Å²) in [6.45, 7) is 3.56. The molecule has 1 aliphatic rings. The highest BCUT2D eigenvalue weighted by Crippen LogP contribution is 2.18. The van der Waals surface area contributed by atoms with Gasteiger partial charge in [0.15, 0.2) is 0 Å². The molecule has 0 unspecified atom stereocenters. The molecule has 4 N–H and O–H groups in total. The van der Waals surface area contributed by atoms with E-state index in [0.717, 1.165) is 30.2 Å². The zero-order chi connectivity index (χ0) is 19.1. The predicted molar refractivity (Wildman–Crippen MR) is 99.2 cm³/mol. The van der Waals surface area contributed by atoms with Crippen LogP contribution in [-0.2, 0) is 19.2 Å². The Morgan fingerprint density at radius 2 is 1.73 bits per heavy atom. The fraction of sp³-hybridized carbons (Fsp3) is 0.412. The van der Waals surface area contributed by atoms with Crippen LogP contribution in [0.3, 0.4) is 0 Å². The third kappa shape index (κ3) is 6.75. The number of hydrogen-bond donors (Lipinski definition) is 4. The van der Waals surface area contributed by atoms with Gasteiger partial charge in [0.1, 0.15) is 0 Å². The Hall–Kier alpha value is -2.55. The molecule has 1 saturated carbocycles. The van der Waals surface area contributed by atoms with Crippen LogP contribution in [0.4, 0.5) is 5.69 Å². The first-order chi connectivity index (χ1) is 12.3. The maximum atomic E-state index is 11.9. The molecule has 2 rings (SSSR count). The normalized spacial score (nSPS) is 14.1. The van der Waals surface area contributed by atoms with Gasteiger partial charge in [-0.15, -0.1) is 11.8 Å². The second kappa shape index (κ2) is 9.23. The molecule has 0 aromatic heterocycles. The van der Waals surface area contributed by atoms with E-state index < -0.39 is 23.0 Å². The number of hydrazine groups is 1. The fourth-order valence-corrected chi connectivity index (χ4v) is 2.55. The molecule has 0 radical (unpaired) electrons. The number of anilines is 1. The van der Waals surface area contributed by atoms with Crippen LogP contribution in [0.25, 0.3) is 0 Å². The second-order valence-electron chi connectivity index (χ2n) is 6.06. The lowest BCUT2D eigenvalue weighted by Gasteiger charge is -2.12. The van der Waals surface area contributed by atoms with Crippen LogP contribution >= 0.6 is 11.8 Å². The van der Waals surface area contributed by atoms with Gasteiger partial charge in [0, 0.05) is 11.7 Å². The first kappa shape index (κ1) is 19.8. The van der Waals surface area contributed by atoms with Crippen molar-refractivity contribution in [3.8, 4) is 0 Å². The minimum atomic E-state index is -0.917. The Labute approximate surface area is 155 Å². The zero-order valence-corrected chi connectivity index (χ0v) is 15.4. The summed E-state index contributed by atoms with van der Waals surface area (Å²) in [4.78, 5) is 46.8. The molecule has 1 aromatic carbocycles. The molecule has 140 valence electrons. The fourth-order valence-electron chi connectivity index (χ4n) is 1.87. The first-order valence-electron chi connectivity index (χ1n) is 8.24. The predicted octanol–water partition coefficient (Wildman–Crippen LogP) is 0.481. The molecule has 9 heteroatoms. The highest BCUT2D eigenvalue weighted by molar-refractivity contribution is 8.01. The molecule has 1 fully saturated rings. The van der Waals surface area contributed by atoms with Crippen molar-refractivity contribution in [3.05, 3.63) is 29.8 Å². The van der Waals surface area contributed by atoms with E-state index in [1.807, 2.05) is 19.1 Å². The van der Waals surface area contributed by atoms with Crippen molar-refractivity contribution in [1.82, 2.24) is 16.2 Å². The van der Waals surface area contributed by atoms with Crippen LogP contribution in [0, 0.1) is 6.92 Å². The number of thioether (sulfide) groups is 1. The van der Waals surface area contributed by atoms with Crippen molar-refractivity contribution in [2.45, 2.75) is 38.0 Å². The Bertz CT molecular complexity index is 689. The lowest BCUT2D eigenvalue weighted by molar-refractivity contribution is -0.140. The summed E-state index contributed by atoms with van der Waals surface area (Å²) < 4.78 is 0. The number of nitrogens with one attached hydrogen (secondary N) is 4. The summed E-state index contributed by atoms with van der Waals surface area (Å²) in [5.41, 5.74) is 6.03. The summed E-state index contributed by atoms with van der Waals surface area (Å²) in [6, 6.07) is 7.44. The van der Waals surface area contributed by atoms with E-state index in [9.17, 15) is 19.2 Å². The van der Waals surface area contributed by atoms with E-state index in [0.29, 0.717) is 5.69 Å². The van der Waals surface area contributed by atoms with Gasteiger partial charge in [0.2, 0.25) is 5.91 Å². The van der Waals surface area contributed by atoms with Gasteiger partial charge in [0.05, 0.1) is 11.0 Å². The summed E-state index contributed by atoms with van der Waals surface area (Å²) in [6.07, 6.45) is 1.73. The van der Waals surface area contributed by atoms with Crippen LogP contribution in [-0.4, -0.2) is 40.7 Å². The van der Waals surface area contributed by atoms with Gasteiger partial charge in [-0.1, -0.05) is 17.7 Å². The Kier molecular flexibility index (Phi) is 7.02. The monoisotopic (exact) mass is 378 g/mol. The highest BCUT2D eigenvalue weighted by Gasteiger charge is 2.26. The van der Waals surface area contributed by atoms with Crippen molar-refractivity contribution >= 4 is 41.1 Å². The number of amides is 4. The number of hydrogen-bond acceptors (Lipinski definition) is 5. The molecule has 0 saturated heterocycles. The molecule has 4 amide bonds. The van der Waals surface area contributed by atoms with Gasteiger partial charge in [-0.3, -0.25) is 30.0 Å². The van der Waals surface area contributed by atoms with Gasteiger partial charge in [0.25, 0.3) is 5.91 Å². The maximum Gasteiger partial charge on any atom is 0.327 e.